The van der Waals surface area contributed by atoms with E-state index in [0.29, 0.717) is 6.42 Å². The molecule has 1 saturated carbocycles. The molecule has 0 amide bonds. The summed E-state index contributed by atoms with van der Waals surface area (Å²) in [5, 5.41) is 2.07. The standard InChI is InChI=1S/C10H12BrFS/c1-10(6-9(10)12)8(11)5-7-3-2-4-13-7/h2-4,8-9H,5-6H2,1H3. The van der Waals surface area contributed by atoms with Gasteiger partial charge in [-0.1, -0.05) is 28.9 Å². The molecule has 1 aliphatic rings. The quantitative estimate of drug-likeness (QED) is 0.727. The monoisotopic (exact) mass is 262 g/mol. The summed E-state index contributed by atoms with van der Waals surface area (Å²) in [6.45, 7) is 2.02. The Morgan fingerprint density at radius 1 is 1.85 bits per heavy atom. The zero-order valence-corrected chi connectivity index (χ0v) is 9.87. The van der Waals surface area contributed by atoms with E-state index in [-0.39, 0.29) is 10.2 Å². The number of alkyl halides is 2. The summed E-state index contributed by atoms with van der Waals surface area (Å²) in [7, 11) is 0. The van der Waals surface area contributed by atoms with Crippen LogP contribution in [-0.4, -0.2) is 11.0 Å². The van der Waals surface area contributed by atoms with Crippen molar-refractivity contribution in [3.8, 4) is 0 Å². The predicted molar refractivity (Wildman–Crippen MR) is 58.4 cm³/mol. The Hall–Kier alpha value is 0.110. The molecule has 0 saturated heterocycles. The first-order chi connectivity index (χ1) is 6.13. The van der Waals surface area contributed by atoms with Gasteiger partial charge in [-0.3, -0.25) is 0 Å². The van der Waals surface area contributed by atoms with Gasteiger partial charge in [0, 0.05) is 15.1 Å². The summed E-state index contributed by atoms with van der Waals surface area (Å²) < 4.78 is 13.0. The molecular formula is C10H12BrFS. The first-order valence-corrected chi connectivity index (χ1v) is 6.23. The van der Waals surface area contributed by atoms with Crippen molar-refractivity contribution in [2.24, 2.45) is 5.41 Å². The Labute approximate surface area is 90.3 Å². The highest BCUT2D eigenvalue weighted by molar-refractivity contribution is 9.09. The first-order valence-electron chi connectivity index (χ1n) is 4.43. The van der Waals surface area contributed by atoms with Gasteiger partial charge >= 0.3 is 0 Å². The SMILES string of the molecule is CC1(C(Br)Cc2cccs2)CC1F. The molecule has 0 aromatic carbocycles. The fourth-order valence-electron chi connectivity index (χ4n) is 1.49. The minimum absolute atomic E-state index is 0.107. The van der Waals surface area contributed by atoms with Crippen LogP contribution in [0.1, 0.15) is 18.2 Å². The summed E-state index contributed by atoms with van der Waals surface area (Å²) in [6, 6.07) is 4.15. The topological polar surface area (TPSA) is 0 Å². The third-order valence-electron chi connectivity index (χ3n) is 2.85. The van der Waals surface area contributed by atoms with E-state index in [1.165, 1.54) is 4.88 Å². The summed E-state index contributed by atoms with van der Waals surface area (Å²) in [4.78, 5) is 1.62. The average Bonchev–Trinajstić information content (AvgIpc) is 2.53. The first kappa shape index (κ1) is 9.66. The van der Waals surface area contributed by atoms with Crippen molar-refractivity contribution in [1.29, 1.82) is 0 Å². The molecular weight excluding hydrogens is 251 g/mol. The minimum Gasteiger partial charge on any atom is -0.247 e. The molecule has 1 aromatic heterocycles. The Kier molecular flexibility index (Phi) is 2.49. The number of halogens is 2. The number of hydrogen-bond acceptors (Lipinski definition) is 1. The summed E-state index contributed by atoms with van der Waals surface area (Å²) in [6.07, 6.45) is 1.07. The van der Waals surface area contributed by atoms with Crippen LogP contribution in [-0.2, 0) is 6.42 Å². The van der Waals surface area contributed by atoms with Gasteiger partial charge in [0.15, 0.2) is 0 Å². The summed E-state index contributed by atoms with van der Waals surface area (Å²) in [5.41, 5.74) is -0.107. The largest absolute Gasteiger partial charge is 0.247 e. The van der Waals surface area contributed by atoms with Crippen LogP contribution < -0.4 is 0 Å². The maximum Gasteiger partial charge on any atom is 0.107 e. The van der Waals surface area contributed by atoms with Crippen LogP contribution in [0.15, 0.2) is 17.5 Å². The molecule has 1 aliphatic carbocycles. The van der Waals surface area contributed by atoms with E-state index in [2.05, 4.69) is 27.4 Å². The van der Waals surface area contributed by atoms with Crippen LogP contribution in [0.3, 0.4) is 0 Å². The zero-order valence-electron chi connectivity index (χ0n) is 7.47. The van der Waals surface area contributed by atoms with Gasteiger partial charge in [0.05, 0.1) is 0 Å². The van der Waals surface area contributed by atoms with Crippen LogP contribution in [0.25, 0.3) is 0 Å². The van der Waals surface area contributed by atoms with Crippen molar-refractivity contribution < 1.29 is 4.39 Å². The summed E-state index contributed by atoms with van der Waals surface area (Å²) in [5.74, 6) is 0. The Morgan fingerprint density at radius 2 is 2.54 bits per heavy atom. The summed E-state index contributed by atoms with van der Waals surface area (Å²) >= 11 is 5.33. The van der Waals surface area contributed by atoms with E-state index < -0.39 is 6.17 Å². The molecule has 3 heteroatoms. The maximum atomic E-state index is 13.0. The molecule has 0 aliphatic heterocycles. The Balaban J connectivity index is 1.96. The molecule has 13 heavy (non-hydrogen) atoms. The smallest absolute Gasteiger partial charge is 0.107 e. The molecule has 3 unspecified atom stereocenters. The van der Waals surface area contributed by atoms with Crippen molar-refractivity contribution in [2.45, 2.75) is 30.8 Å². The van der Waals surface area contributed by atoms with E-state index in [0.717, 1.165) is 6.42 Å². The van der Waals surface area contributed by atoms with E-state index in [4.69, 9.17) is 0 Å². The molecule has 2 rings (SSSR count). The molecule has 0 bridgehead atoms. The molecule has 1 heterocycles. The number of hydrogen-bond donors (Lipinski definition) is 0. The molecule has 72 valence electrons. The van der Waals surface area contributed by atoms with Crippen LogP contribution in [0.4, 0.5) is 4.39 Å². The molecule has 3 atom stereocenters. The Morgan fingerprint density at radius 3 is 3.00 bits per heavy atom. The molecule has 0 nitrogen and oxygen atoms in total. The van der Waals surface area contributed by atoms with Crippen molar-refractivity contribution >= 4 is 27.3 Å². The van der Waals surface area contributed by atoms with E-state index in [1.807, 2.05) is 13.0 Å². The lowest BCUT2D eigenvalue weighted by Crippen LogP contribution is -2.17. The van der Waals surface area contributed by atoms with E-state index in [1.54, 1.807) is 11.3 Å². The Bertz CT molecular complexity index is 285. The lowest BCUT2D eigenvalue weighted by atomic mass is 10.0. The van der Waals surface area contributed by atoms with Crippen molar-refractivity contribution in [2.75, 3.05) is 0 Å². The minimum atomic E-state index is -0.600. The molecule has 0 radical (unpaired) electrons. The van der Waals surface area contributed by atoms with Crippen LogP contribution in [0, 0.1) is 5.41 Å². The fraction of sp³-hybridized carbons (Fsp3) is 0.600. The highest BCUT2D eigenvalue weighted by Crippen LogP contribution is 2.54. The zero-order chi connectivity index (χ0) is 9.47. The maximum absolute atomic E-state index is 13.0. The van der Waals surface area contributed by atoms with Gasteiger partial charge in [-0.2, -0.15) is 0 Å². The van der Waals surface area contributed by atoms with Gasteiger partial charge in [-0.25, -0.2) is 4.39 Å². The normalized spacial score (nSPS) is 34.5. The van der Waals surface area contributed by atoms with Gasteiger partial charge in [0.1, 0.15) is 6.17 Å². The number of rotatable bonds is 3. The lowest BCUT2D eigenvalue weighted by molar-refractivity contribution is 0.371. The molecule has 1 fully saturated rings. The van der Waals surface area contributed by atoms with Gasteiger partial charge in [-0.15, -0.1) is 11.3 Å². The van der Waals surface area contributed by atoms with E-state index in [9.17, 15) is 4.39 Å². The molecule has 0 N–H and O–H groups in total. The van der Waals surface area contributed by atoms with E-state index >= 15 is 0 Å². The highest BCUT2D eigenvalue weighted by Gasteiger charge is 2.55. The van der Waals surface area contributed by atoms with Crippen molar-refractivity contribution in [1.82, 2.24) is 0 Å². The third kappa shape index (κ3) is 1.82. The lowest BCUT2D eigenvalue weighted by Gasteiger charge is -2.15. The fourth-order valence-corrected chi connectivity index (χ4v) is 3.28. The van der Waals surface area contributed by atoms with Crippen molar-refractivity contribution in [3.63, 3.8) is 0 Å². The molecule has 0 spiro atoms. The van der Waals surface area contributed by atoms with Crippen LogP contribution in [0.5, 0.6) is 0 Å². The molecule has 1 aromatic rings. The highest BCUT2D eigenvalue weighted by atomic mass is 79.9. The second-order valence-electron chi connectivity index (χ2n) is 3.93. The second-order valence-corrected chi connectivity index (χ2v) is 6.07. The number of thiophene rings is 1. The van der Waals surface area contributed by atoms with Gasteiger partial charge in [-0.05, 0) is 24.3 Å². The third-order valence-corrected chi connectivity index (χ3v) is 5.12. The van der Waals surface area contributed by atoms with Crippen LogP contribution >= 0.6 is 27.3 Å². The van der Waals surface area contributed by atoms with Gasteiger partial charge in [0.25, 0.3) is 0 Å². The van der Waals surface area contributed by atoms with Gasteiger partial charge < -0.3 is 0 Å². The predicted octanol–water partition coefficient (Wildman–Crippen LogP) is 3.80. The van der Waals surface area contributed by atoms with Crippen molar-refractivity contribution in [3.05, 3.63) is 22.4 Å². The average molecular weight is 263 g/mol. The van der Waals surface area contributed by atoms with Gasteiger partial charge in [0.2, 0.25) is 0 Å². The van der Waals surface area contributed by atoms with Crippen LogP contribution in [0.2, 0.25) is 0 Å². The second kappa shape index (κ2) is 3.35.